The molecule has 0 aliphatic carbocycles. The van der Waals surface area contributed by atoms with E-state index >= 15 is 0 Å². The highest BCUT2D eigenvalue weighted by atomic mass is 15.2. The third-order valence-corrected chi connectivity index (χ3v) is 4.65. The molecule has 0 spiro atoms. The van der Waals surface area contributed by atoms with Crippen molar-refractivity contribution in [1.82, 2.24) is 0 Å². The van der Waals surface area contributed by atoms with Crippen LogP contribution in [0.2, 0.25) is 0 Å². The molecule has 2 aromatic rings. The van der Waals surface area contributed by atoms with Crippen molar-refractivity contribution in [2.75, 3.05) is 4.90 Å². The molecule has 0 bridgehead atoms. The van der Waals surface area contributed by atoms with Gasteiger partial charge in [-0.1, -0.05) is 86.7 Å². The average molecular weight is 315 g/mol. The highest BCUT2D eigenvalue weighted by Crippen LogP contribution is 2.48. The molecule has 0 saturated heterocycles. The van der Waals surface area contributed by atoms with Crippen LogP contribution in [0.3, 0.4) is 0 Å². The fourth-order valence-corrected chi connectivity index (χ4v) is 3.40. The number of fused-ring (bicyclic) bond motifs is 1. The smallest absolute Gasteiger partial charge is 0.0479 e. The molecule has 1 heteroatoms. The predicted octanol–water partition coefficient (Wildman–Crippen LogP) is 6.00. The van der Waals surface area contributed by atoms with Crippen LogP contribution >= 0.6 is 0 Å². The largest absolute Gasteiger partial charge is 0.340 e. The van der Waals surface area contributed by atoms with Crippen molar-refractivity contribution in [3.05, 3.63) is 102 Å². The lowest BCUT2D eigenvalue weighted by Gasteiger charge is -2.27. The Morgan fingerprint density at radius 1 is 0.875 bits per heavy atom. The molecule has 0 aromatic heterocycles. The maximum atomic E-state index is 2.45. The van der Waals surface area contributed by atoms with E-state index < -0.39 is 0 Å². The van der Waals surface area contributed by atoms with E-state index in [1.165, 1.54) is 22.5 Å². The molecule has 2 aromatic carbocycles. The summed E-state index contributed by atoms with van der Waals surface area (Å²) in [6.07, 6.45) is 10.6. The minimum Gasteiger partial charge on any atom is -0.340 e. The number of nitrogens with zero attached hydrogens (tertiary/aromatic N) is 1. The van der Waals surface area contributed by atoms with Gasteiger partial charge in [-0.25, -0.2) is 0 Å². The second-order valence-electron chi connectivity index (χ2n) is 6.68. The van der Waals surface area contributed by atoms with Crippen LogP contribution < -0.4 is 4.90 Å². The standard InChI is InChI=1S/C23H25N/c1-4-5-6-10-17-22-23(2,3)20-15-11-12-16-21(20)24(22)18-19-13-8-7-9-14-19/h4-17H,18H2,1-3H3. The molecular formula is C23H25N. The second-order valence-corrected chi connectivity index (χ2v) is 6.68. The fraction of sp³-hybridized carbons (Fsp3) is 0.217. The Labute approximate surface area is 145 Å². The van der Waals surface area contributed by atoms with Crippen molar-refractivity contribution in [1.29, 1.82) is 0 Å². The molecule has 0 radical (unpaired) electrons. The summed E-state index contributed by atoms with van der Waals surface area (Å²) >= 11 is 0. The highest BCUT2D eigenvalue weighted by molar-refractivity contribution is 5.70. The van der Waals surface area contributed by atoms with Crippen LogP contribution in [0.1, 0.15) is 31.9 Å². The van der Waals surface area contributed by atoms with Gasteiger partial charge in [0.15, 0.2) is 0 Å². The van der Waals surface area contributed by atoms with E-state index in [4.69, 9.17) is 0 Å². The first-order valence-corrected chi connectivity index (χ1v) is 8.55. The summed E-state index contributed by atoms with van der Waals surface area (Å²) in [4.78, 5) is 2.45. The zero-order chi connectivity index (χ0) is 17.0. The number of para-hydroxylation sites is 1. The Morgan fingerprint density at radius 3 is 2.33 bits per heavy atom. The molecular weight excluding hydrogens is 290 g/mol. The van der Waals surface area contributed by atoms with Crippen molar-refractivity contribution in [2.24, 2.45) is 0 Å². The SMILES string of the molecule is CC=CC=CC=C1N(Cc2ccccc2)c2ccccc2C1(C)C. The minimum atomic E-state index is 0.00560. The summed E-state index contributed by atoms with van der Waals surface area (Å²) in [5.41, 5.74) is 5.39. The Bertz CT molecular complexity index is 779. The normalized spacial score (nSPS) is 18.0. The maximum absolute atomic E-state index is 2.45. The van der Waals surface area contributed by atoms with Gasteiger partial charge in [-0.2, -0.15) is 0 Å². The van der Waals surface area contributed by atoms with Gasteiger partial charge in [-0.05, 0) is 30.2 Å². The highest BCUT2D eigenvalue weighted by Gasteiger charge is 2.39. The van der Waals surface area contributed by atoms with Crippen molar-refractivity contribution < 1.29 is 0 Å². The molecule has 0 amide bonds. The molecule has 0 fully saturated rings. The molecule has 1 heterocycles. The first kappa shape index (κ1) is 16.3. The summed E-state index contributed by atoms with van der Waals surface area (Å²) in [5.74, 6) is 0. The van der Waals surface area contributed by atoms with Crippen molar-refractivity contribution in [3.63, 3.8) is 0 Å². The summed E-state index contributed by atoms with van der Waals surface area (Å²) < 4.78 is 0. The van der Waals surface area contributed by atoms with E-state index in [1.54, 1.807) is 0 Å². The fourth-order valence-electron chi connectivity index (χ4n) is 3.40. The number of hydrogen-bond acceptors (Lipinski definition) is 1. The Kier molecular flexibility index (Phi) is 4.71. The molecule has 1 nitrogen and oxygen atoms in total. The molecule has 0 N–H and O–H groups in total. The number of allylic oxidation sites excluding steroid dienone is 6. The van der Waals surface area contributed by atoms with Crippen LogP contribution in [0.25, 0.3) is 0 Å². The van der Waals surface area contributed by atoms with Crippen LogP contribution in [-0.4, -0.2) is 0 Å². The predicted molar refractivity (Wildman–Crippen MR) is 104 cm³/mol. The van der Waals surface area contributed by atoms with Gasteiger partial charge < -0.3 is 4.90 Å². The van der Waals surface area contributed by atoms with Crippen molar-refractivity contribution >= 4 is 5.69 Å². The summed E-state index contributed by atoms with van der Waals surface area (Å²) in [6.45, 7) is 7.55. The molecule has 24 heavy (non-hydrogen) atoms. The Hall–Kier alpha value is -2.54. The summed E-state index contributed by atoms with van der Waals surface area (Å²) in [5, 5.41) is 0. The number of hydrogen-bond donors (Lipinski definition) is 0. The molecule has 0 saturated carbocycles. The molecule has 122 valence electrons. The Morgan fingerprint density at radius 2 is 1.58 bits per heavy atom. The Balaban J connectivity index is 2.04. The van der Waals surface area contributed by atoms with Gasteiger partial charge in [0.05, 0.1) is 0 Å². The van der Waals surface area contributed by atoms with Gasteiger partial charge in [0.1, 0.15) is 0 Å². The maximum Gasteiger partial charge on any atom is 0.0479 e. The van der Waals surface area contributed by atoms with Gasteiger partial charge in [-0.15, -0.1) is 0 Å². The van der Waals surface area contributed by atoms with Crippen LogP contribution in [0.5, 0.6) is 0 Å². The third-order valence-electron chi connectivity index (χ3n) is 4.65. The first-order chi connectivity index (χ1) is 11.6. The van der Waals surface area contributed by atoms with Crippen LogP contribution in [0.15, 0.2) is 90.7 Å². The van der Waals surface area contributed by atoms with E-state index in [1.807, 2.05) is 13.0 Å². The van der Waals surface area contributed by atoms with E-state index in [0.29, 0.717) is 0 Å². The van der Waals surface area contributed by atoms with E-state index in [0.717, 1.165) is 6.54 Å². The zero-order valence-electron chi connectivity index (χ0n) is 14.7. The number of anilines is 1. The first-order valence-electron chi connectivity index (χ1n) is 8.55. The minimum absolute atomic E-state index is 0.00560. The average Bonchev–Trinajstić information content (AvgIpc) is 2.81. The van der Waals surface area contributed by atoms with Gasteiger partial charge >= 0.3 is 0 Å². The lowest BCUT2D eigenvalue weighted by Crippen LogP contribution is -2.25. The number of rotatable bonds is 4. The quantitative estimate of drug-likeness (QED) is 0.625. The van der Waals surface area contributed by atoms with Gasteiger partial charge in [-0.3, -0.25) is 0 Å². The van der Waals surface area contributed by atoms with Crippen LogP contribution in [0, 0.1) is 0 Å². The lowest BCUT2D eigenvalue weighted by molar-refractivity contribution is 0.630. The molecule has 3 rings (SSSR count). The summed E-state index contributed by atoms with van der Waals surface area (Å²) in [6, 6.07) is 19.4. The summed E-state index contributed by atoms with van der Waals surface area (Å²) in [7, 11) is 0. The second kappa shape index (κ2) is 6.92. The zero-order valence-corrected chi connectivity index (χ0v) is 14.7. The molecule has 0 unspecified atom stereocenters. The molecule has 1 aliphatic rings. The van der Waals surface area contributed by atoms with Gasteiger partial charge in [0.25, 0.3) is 0 Å². The van der Waals surface area contributed by atoms with Crippen molar-refractivity contribution in [2.45, 2.75) is 32.7 Å². The van der Waals surface area contributed by atoms with E-state index in [9.17, 15) is 0 Å². The van der Waals surface area contributed by atoms with Crippen LogP contribution in [0.4, 0.5) is 5.69 Å². The molecule has 0 atom stereocenters. The molecule has 1 aliphatic heterocycles. The van der Waals surface area contributed by atoms with Gasteiger partial charge in [0, 0.05) is 23.3 Å². The topological polar surface area (TPSA) is 3.24 Å². The lowest BCUT2D eigenvalue weighted by atomic mass is 9.84. The van der Waals surface area contributed by atoms with Crippen molar-refractivity contribution in [3.8, 4) is 0 Å². The monoisotopic (exact) mass is 315 g/mol. The number of benzene rings is 2. The van der Waals surface area contributed by atoms with E-state index in [-0.39, 0.29) is 5.41 Å². The van der Waals surface area contributed by atoms with E-state index in [2.05, 4.69) is 97.6 Å². The van der Waals surface area contributed by atoms with Crippen LogP contribution in [-0.2, 0) is 12.0 Å². The third kappa shape index (κ3) is 3.07. The van der Waals surface area contributed by atoms with Gasteiger partial charge in [0.2, 0.25) is 0 Å².